The Morgan fingerprint density at radius 1 is 1.24 bits per heavy atom. The maximum absolute atomic E-state index is 12.9. The SMILES string of the molecule is Cc1noc(C)c1S(=O)(=O)N1CCC(C(=O)NC(C)c2ccc(Cl)c(Cl)c2)CC1. The van der Waals surface area contributed by atoms with Crippen molar-refractivity contribution in [1.29, 1.82) is 0 Å². The molecule has 0 aliphatic carbocycles. The van der Waals surface area contributed by atoms with Crippen LogP contribution in [-0.2, 0) is 14.8 Å². The number of aryl methyl sites for hydroxylation is 2. The monoisotopic (exact) mass is 459 g/mol. The lowest BCUT2D eigenvalue weighted by Crippen LogP contribution is -2.43. The normalized spacial score (nSPS) is 17.3. The molecular formula is C19H23Cl2N3O4S. The molecule has 1 aromatic heterocycles. The van der Waals surface area contributed by atoms with Crippen LogP contribution in [0.4, 0.5) is 0 Å². The quantitative estimate of drug-likeness (QED) is 0.731. The fourth-order valence-electron chi connectivity index (χ4n) is 3.53. The highest BCUT2D eigenvalue weighted by Gasteiger charge is 2.35. The molecule has 0 bridgehead atoms. The summed E-state index contributed by atoms with van der Waals surface area (Å²) in [5.41, 5.74) is 1.20. The Hall–Kier alpha value is -1.61. The highest BCUT2D eigenvalue weighted by atomic mass is 35.5. The van der Waals surface area contributed by atoms with Gasteiger partial charge in [0.15, 0.2) is 5.76 Å². The van der Waals surface area contributed by atoms with Crippen molar-refractivity contribution in [2.45, 2.75) is 44.6 Å². The second-order valence-corrected chi connectivity index (χ2v) is 9.92. The molecule has 0 radical (unpaired) electrons. The Morgan fingerprint density at radius 3 is 2.45 bits per heavy atom. The number of benzene rings is 1. The summed E-state index contributed by atoms with van der Waals surface area (Å²) < 4.78 is 32.2. The summed E-state index contributed by atoms with van der Waals surface area (Å²) in [6.45, 7) is 5.59. The summed E-state index contributed by atoms with van der Waals surface area (Å²) in [4.78, 5) is 12.8. The van der Waals surface area contributed by atoms with Crippen LogP contribution in [0.5, 0.6) is 0 Å². The van der Waals surface area contributed by atoms with E-state index in [1.807, 2.05) is 13.0 Å². The molecule has 10 heteroatoms. The van der Waals surface area contributed by atoms with Gasteiger partial charge in [-0.15, -0.1) is 0 Å². The van der Waals surface area contributed by atoms with Crippen molar-refractivity contribution in [3.8, 4) is 0 Å². The first-order valence-electron chi connectivity index (χ1n) is 9.29. The molecule has 158 valence electrons. The van der Waals surface area contributed by atoms with Crippen molar-refractivity contribution in [2.75, 3.05) is 13.1 Å². The first-order valence-corrected chi connectivity index (χ1v) is 11.5. The largest absolute Gasteiger partial charge is 0.360 e. The number of aromatic nitrogens is 1. The molecule has 0 spiro atoms. The first-order chi connectivity index (χ1) is 13.6. The van der Waals surface area contributed by atoms with Crippen molar-refractivity contribution in [3.05, 3.63) is 45.3 Å². The maximum Gasteiger partial charge on any atom is 0.248 e. The second kappa shape index (κ2) is 8.63. The molecule has 7 nitrogen and oxygen atoms in total. The lowest BCUT2D eigenvalue weighted by molar-refractivity contribution is -0.126. The second-order valence-electron chi connectivity index (χ2n) is 7.24. The minimum absolute atomic E-state index is 0.0991. The summed E-state index contributed by atoms with van der Waals surface area (Å²) in [6.07, 6.45) is 0.894. The van der Waals surface area contributed by atoms with Crippen LogP contribution in [0.15, 0.2) is 27.6 Å². The molecule has 1 atom stereocenters. The van der Waals surface area contributed by atoms with Gasteiger partial charge in [-0.3, -0.25) is 4.79 Å². The van der Waals surface area contributed by atoms with Gasteiger partial charge in [0.05, 0.1) is 16.1 Å². The van der Waals surface area contributed by atoms with E-state index in [1.54, 1.807) is 26.0 Å². The van der Waals surface area contributed by atoms with E-state index in [9.17, 15) is 13.2 Å². The number of rotatable bonds is 5. The van der Waals surface area contributed by atoms with Crippen molar-refractivity contribution < 1.29 is 17.7 Å². The number of halogens is 2. The lowest BCUT2D eigenvalue weighted by Gasteiger charge is -2.31. The third-order valence-electron chi connectivity index (χ3n) is 5.19. The molecule has 1 aliphatic rings. The third kappa shape index (κ3) is 4.60. The fraction of sp³-hybridized carbons (Fsp3) is 0.474. The van der Waals surface area contributed by atoms with Gasteiger partial charge in [-0.1, -0.05) is 34.4 Å². The number of piperidine rings is 1. The average Bonchev–Trinajstić information content (AvgIpc) is 3.02. The molecule has 1 aromatic carbocycles. The minimum Gasteiger partial charge on any atom is -0.360 e. The molecule has 1 aliphatic heterocycles. The van der Waals surface area contributed by atoms with Crippen LogP contribution < -0.4 is 5.32 Å². The van der Waals surface area contributed by atoms with E-state index in [0.717, 1.165) is 5.56 Å². The van der Waals surface area contributed by atoms with Gasteiger partial charge in [-0.2, -0.15) is 4.31 Å². The zero-order chi connectivity index (χ0) is 21.3. The number of sulfonamides is 1. The van der Waals surface area contributed by atoms with Crippen molar-refractivity contribution in [3.63, 3.8) is 0 Å². The molecule has 3 rings (SSSR count). The Kier molecular flexibility index (Phi) is 6.57. The van der Waals surface area contributed by atoms with Gasteiger partial charge < -0.3 is 9.84 Å². The molecule has 29 heavy (non-hydrogen) atoms. The van der Waals surface area contributed by atoms with Gasteiger partial charge in [0.2, 0.25) is 15.9 Å². The van der Waals surface area contributed by atoms with Crippen LogP contribution in [-0.4, -0.2) is 36.9 Å². The molecular weight excluding hydrogens is 437 g/mol. The maximum atomic E-state index is 12.9. The highest BCUT2D eigenvalue weighted by Crippen LogP contribution is 2.29. The third-order valence-corrected chi connectivity index (χ3v) is 8.08. The molecule has 1 fully saturated rings. The average molecular weight is 460 g/mol. The van der Waals surface area contributed by atoms with Gasteiger partial charge in [-0.05, 0) is 51.3 Å². The molecule has 1 saturated heterocycles. The van der Waals surface area contributed by atoms with Crippen LogP contribution in [0.25, 0.3) is 0 Å². The van der Waals surface area contributed by atoms with E-state index in [4.69, 9.17) is 27.7 Å². The predicted octanol–water partition coefficient (Wildman–Crippen LogP) is 3.88. The summed E-state index contributed by atoms with van der Waals surface area (Å²) in [5.74, 6) is -0.0767. The number of hydrogen-bond donors (Lipinski definition) is 1. The Morgan fingerprint density at radius 2 is 1.90 bits per heavy atom. The number of carbonyl (C=O) groups excluding carboxylic acids is 1. The van der Waals surface area contributed by atoms with Crippen molar-refractivity contribution in [1.82, 2.24) is 14.8 Å². The van der Waals surface area contributed by atoms with Crippen LogP contribution in [0.1, 0.15) is 42.8 Å². The minimum atomic E-state index is -3.69. The Labute approximate surface area is 180 Å². The van der Waals surface area contributed by atoms with E-state index in [2.05, 4.69) is 10.5 Å². The topological polar surface area (TPSA) is 92.5 Å². The van der Waals surface area contributed by atoms with Gasteiger partial charge in [0.25, 0.3) is 0 Å². The molecule has 1 unspecified atom stereocenters. The van der Waals surface area contributed by atoms with E-state index in [0.29, 0.717) is 28.6 Å². The van der Waals surface area contributed by atoms with Crippen molar-refractivity contribution in [2.24, 2.45) is 5.92 Å². The molecule has 1 amide bonds. The summed E-state index contributed by atoms with van der Waals surface area (Å²) >= 11 is 12.0. The zero-order valence-electron chi connectivity index (χ0n) is 16.4. The van der Waals surface area contributed by atoms with E-state index >= 15 is 0 Å². The van der Waals surface area contributed by atoms with Crippen LogP contribution in [0.3, 0.4) is 0 Å². The molecule has 0 saturated carbocycles. The fourth-order valence-corrected chi connectivity index (χ4v) is 5.59. The van der Waals surface area contributed by atoms with Crippen LogP contribution in [0, 0.1) is 19.8 Å². The van der Waals surface area contributed by atoms with E-state index < -0.39 is 10.0 Å². The predicted molar refractivity (Wildman–Crippen MR) is 110 cm³/mol. The summed E-state index contributed by atoms with van der Waals surface area (Å²) in [6, 6.07) is 5.01. The highest BCUT2D eigenvalue weighted by molar-refractivity contribution is 7.89. The smallest absolute Gasteiger partial charge is 0.248 e. The number of hydrogen-bond acceptors (Lipinski definition) is 5. The van der Waals surface area contributed by atoms with Crippen molar-refractivity contribution >= 4 is 39.1 Å². The Balaban J connectivity index is 1.61. The van der Waals surface area contributed by atoms with E-state index in [1.165, 1.54) is 4.31 Å². The summed E-state index contributed by atoms with van der Waals surface area (Å²) in [7, 11) is -3.69. The first kappa shape index (κ1) is 22.1. The molecule has 2 heterocycles. The molecule has 2 aromatic rings. The van der Waals surface area contributed by atoms with Gasteiger partial charge in [0, 0.05) is 19.0 Å². The number of carbonyl (C=O) groups is 1. The standard InChI is InChI=1S/C19H23Cl2N3O4S/c1-11(15-4-5-16(20)17(21)10-15)22-19(25)14-6-8-24(9-7-14)29(26,27)18-12(2)23-28-13(18)3/h4-5,10-11,14H,6-9H2,1-3H3,(H,22,25). The number of nitrogens with zero attached hydrogens (tertiary/aromatic N) is 2. The van der Waals surface area contributed by atoms with Gasteiger partial charge >= 0.3 is 0 Å². The van der Waals surface area contributed by atoms with Crippen LogP contribution in [0.2, 0.25) is 10.0 Å². The Bertz CT molecular complexity index is 995. The lowest BCUT2D eigenvalue weighted by atomic mass is 9.96. The zero-order valence-corrected chi connectivity index (χ0v) is 18.7. The molecule has 1 N–H and O–H groups in total. The number of amides is 1. The van der Waals surface area contributed by atoms with E-state index in [-0.39, 0.29) is 41.6 Å². The summed E-state index contributed by atoms with van der Waals surface area (Å²) in [5, 5.41) is 7.60. The van der Waals surface area contributed by atoms with Gasteiger partial charge in [-0.25, -0.2) is 8.42 Å². The van der Waals surface area contributed by atoms with Crippen LogP contribution >= 0.6 is 23.2 Å². The number of nitrogens with one attached hydrogen (secondary N) is 1. The van der Waals surface area contributed by atoms with Gasteiger partial charge in [0.1, 0.15) is 10.6 Å².